The van der Waals surface area contributed by atoms with E-state index in [9.17, 15) is 0 Å². The van der Waals surface area contributed by atoms with Gasteiger partial charge >= 0.3 is 0 Å². The molecular formula is HN5Na. The third-order valence-corrected chi connectivity index (χ3v) is 0.219. The van der Waals surface area contributed by atoms with Crippen LogP contribution in [0.25, 0.3) is 0 Å². The zero-order chi connectivity index (χ0) is 3.54. The van der Waals surface area contributed by atoms with Crippen molar-refractivity contribution in [3.05, 3.63) is 0 Å². The SMILES string of the molecule is [Na].n1nn[nH]n1. The first-order chi connectivity index (χ1) is 2.50. The molecule has 1 heterocycles. The van der Waals surface area contributed by atoms with E-state index < -0.39 is 0 Å². The molecule has 6 heavy (non-hydrogen) atoms. The van der Waals surface area contributed by atoms with Gasteiger partial charge in [0.1, 0.15) is 0 Å². The van der Waals surface area contributed by atoms with E-state index in [1.54, 1.807) is 0 Å². The summed E-state index contributed by atoms with van der Waals surface area (Å²) in [4.78, 5) is 0. The Morgan fingerprint density at radius 3 is 1.67 bits per heavy atom. The molecule has 0 aliphatic heterocycles. The number of rotatable bonds is 0. The molecule has 0 unspecified atom stereocenters. The van der Waals surface area contributed by atoms with Gasteiger partial charge in [-0.25, -0.2) is 0 Å². The molecule has 1 aromatic heterocycles. The van der Waals surface area contributed by atoms with E-state index in [0.717, 1.165) is 0 Å². The Morgan fingerprint density at radius 1 is 1.00 bits per heavy atom. The normalized spacial score (nSPS) is 6.67. The van der Waals surface area contributed by atoms with Crippen LogP contribution in [-0.4, -0.2) is 55.6 Å². The van der Waals surface area contributed by atoms with Crippen LogP contribution in [0.5, 0.6) is 0 Å². The van der Waals surface area contributed by atoms with E-state index in [-0.39, 0.29) is 29.6 Å². The van der Waals surface area contributed by atoms with E-state index in [0.29, 0.717) is 0 Å². The molecule has 5 nitrogen and oxygen atoms in total. The van der Waals surface area contributed by atoms with Gasteiger partial charge in [0, 0.05) is 29.6 Å². The second kappa shape index (κ2) is 3.20. The molecule has 0 amide bonds. The minimum atomic E-state index is 0. The maximum atomic E-state index is 3.12. The van der Waals surface area contributed by atoms with E-state index in [1.165, 1.54) is 0 Å². The molecule has 0 fully saturated rings. The minimum absolute atomic E-state index is 0. The second-order valence-electron chi connectivity index (χ2n) is 0.479. The second-order valence-corrected chi connectivity index (χ2v) is 0.479. The van der Waals surface area contributed by atoms with E-state index in [2.05, 4.69) is 26.1 Å². The summed E-state index contributed by atoms with van der Waals surface area (Å²) in [5.41, 5.74) is 0. The molecule has 0 spiro atoms. The van der Waals surface area contributed by atoms with Crippen LogP contribution in [-0.2, 0) is 0 Å². The van der Waals surface area contributed by atoms with Crippen LogP contribution < -0.4 is 0 Å². The van der Waals surface area contributed by atoms with Crippen LogP contribution in [0, 0.1) is 0 Å². The fraction of sp³-hybridized carbons (Fsp3) is 0. The van der Waals surface area contributed by atoms with Crippen molar-refractivity contribution in [2.75, 3.05) is 0 Å². The fourth-order valence-corrected chi connectivity index (χ4v) is 0.100. The summed E-state index contributed by atoms with van der Waals surface area (Å²) in [6.07, 6.45) is 0. The third-order valence-electron chi connectivity index (χ3n) is 0.219. The van der Waals surface area contributed by atoms with E-state index >= 15 is 0 Å². The molecule has 6 heteroatoms. The smallest absolute Gasteiger partial charge is 0 e. The van der Waals surface area contributed by atoms with Crippen molar-refractivity contribution in [1.29, 1.82) is 0 Å². The molecule has 1 radical (unpaired) electrons. The van der Waals surface area contributed by atoms with Crippen molar-refractivity contribution < 1.29 is 0 Å². The number of nitrogens with one attached hydrogen (secondary N) is 1. The van der Waals surface area contributed by atoms with Crippen molar-refractivity contribution in [1.82, 2.24) is 26.1 Å². The van der Waals surface area contributed by atoms with Crippen molar-refractivity contribution in [3.63, 3.8) is 0 Å². The number of aromatic nitrogens is 5. The average molecular weight is 94.0 g/mol. The molecule has 1 aromatic rings. The Hall–Kier alpha value is 0.0000000000000000555. The Kier molecular flexibility index (Phi) is 3.20. The first kappa shape index (κ1) is 6.00. The van der Waals surface area contributed by atoms with Gasteiger partial charge in [-0.05, 0) is 20.9 Å². The summed E-state index contributed by atoms with van der Waals surface area (Å²) in [5.74, 6) is 0. The summed E-state index contributed by atoms with van der Waals surface area (Å²) in [6.45, 7) is 0. The van der Waals surface area contributed by atoms with E-state index in [4.69, 9.17) is 0 Å². The summed E-state index contributed by atoms with van der Waals surface area (Å²) in [6, 6.07) is 0. The first-order valence-corrected chi connectivity index (χ1v) is 1.05. The molecule has 0 aliphatic carbocycles. The summed E-state index contributed by atoms with van der Waals surface area (Å²) in [7, 11) is 0. The Morgan fingerprint density at radius 2 is 1.50 bits per heavy atom. The first-order valence-electron chi connectivity index (χ1n) is 1.05. The Bertz CT molecular complexity index is 60.4. The van der Waals surface area contributed by atoms with Crippen molar-refractivity contribution >= 4 is 29.6 Å². The van der Waals surface area contributed by atoms with Crippen LogP contribution in [0.1, 0.15) is 0 Å². The average Bonchev–Trinajstić information content (AvgIpc) is 1.76. The van der Waals surface area contributed by atoms with Crippen LogP contribution in [0.15, 0.2) is 0 Å². The maximum absolute atomic E-state index is 3.12. The molecule has 0 aliphatic rings. The molecule has 0 saturated carbocycles. The van der Waals surface area contributed by atoms with Crippen LogP contribution in [0.3, 0.4) is 0 Å². The zero-order valence-corrected chi connectivity index (χ0v) is 5.29. The maximum Gasteiger partial charge on any atom is 0 e. The van der Waals surface area contributed by atoms with Gasteiger partial charge in [0.05, 0.1) is 0 Å². The van der Waals surface area contributed by atoms with Gasteiger partial charge in [-0.1, -0.05) is 0 Å². The predicted octanol–water partition coefficient (Wildman–Crippen LogP) is -1.79. The predicted molar refractivity (Wildman–Crippen MR) is 17.7 cm³/mol. The molecule has 0 atom stereocenters. The standard InChI is InChI=1S/HN5.Na/c1-2-4-5-3-1;/h(H,1,2,3,4,5);. The quantitative estimate of drug-likeness (QED) is 0.386. The molecule has 1 rings (SSSR count). The molecule has 0 aromatic carbocycles. The van der Waals surface area contributed by atoms with Crippen molar-refractivity contribution in [2.45, 2.75) is 0 Å². The summed E-state index contributed by atoms with van der Waals surface area (Å²) >= 11 is 0. The van der Waals surface area contributed by atoms with Gasteiger partial charge < -0.3 is 0 Å². The van der Waals surface area contributed by atoms with Crippen LogP contribution in [0.2, 0.25) is 0 Å². The largest absolute Gasteiger partial charge is 0.157 e. The topological polar surface area (TPSA) is 67.3 Å². The Balaban J connectivity index is 0.000000250. The van der Waals surface area contributed by atoms with Crippen molar-refractivity contribution in [3.8, 4) is 0 Å². The number of hydrogen-bond acceptors (Lipinski definition) is 4. The minimum Gasteiger partial charge on any atom is -0.157 e. The monoisotopic (exact) mass is 94.0 g/mol. The van der Waals surface area contributed by atoms with Crippen LogP contribution in [0.4, 0.5) is 0 Å². The molecule has 27 valence electrons. The van der Waals surface area contributed by atoms with Crippen molar-refractivity contribution in [2.24, 2.45) is 0 Å². The third kappa shape index (κ3) is 1.44. The number of hydrogen-bond donors (Lipinski definition) is 1. The summed E-state index contributed by atoms with van der Waals surface area (Å²) in [5, 5.41) is 14.5. The van der Waals surface area contributed by atoms with Crippen LogP contribution >= 0.6 is 0 Å². The summed E-state index contributed by atoms with van der Waals surface area (Å²) < 4.78 is 0. The zero-order valence-electron chi connectivity index (χ0n) is 3.29. The number of aromatic amines is 1. The van der Waals surface area contributed by atoms with Gasteiger partial charge in [-0.3, -0.25) is 0 Å². The molecular weight excluding hydrogens is 93.0 g/mol. The number of nitrogens with zero attached hydrogens (tertiary/aromatic N) is 4. The number of H-pyrrole nitrogens is 1. The van der Waals surface area contributed by atoms with Gasteiger partial charge in [-0.15, -0.1) is 0 Å². The van der Waals surface area contributed by atoms with Gasteiger partial charge in [0.15, 0.2) is 0 Å². The van der Waals surface area contributed by atoms with E-state index in [1.807, 2.05) is 0 Å². The molecule has 1 N–H and O–H groups in total. The van der Waals surface area contributed by atoms with Gasteiger partial charge in [0.25, 0.3) is 0 Å². The van der Waals surface area contributed by atoms with Gasteiger partial charge in [0.2, 0.25) is 0 Å². The molecule has 0 saturated heterocycles. The fourth-order valence-electron chi connectivity index (χ4n) is 0.100. The van der Waals surface area contributed by atoms with Gasteiger partial charge in [-0.2, -0.15) is 5.21 Å². The Labute approximate surface area is 55.8 Å². The molecule has 0 bridgehead atoms.